The van der Waals surface area contributed by atoms with E-state index in [0.717, 1.165) is 22.0 Å². The maximum atomic E-state index is 13.0. The van der Waals surface area contributed by atoms with Gasteiger partial charge in [-0.3, -0.25) is 9.59 Å². The van der Waals surface area contributed by atoms with Crippen LogP contribution in [0.15, 0.2) is 54.7 Å². The van der Waals surface area contributed by atoms with E-state index in [-0.39, 0.29) is 11.8 Å². The zero-order valence-electron chi connectivity index (χ0n) is 15.3. The SMILES string of the molecule is CC(=O)N[C@@H](Cc1c[nH]c2ccccc12)C(=O)N(C)Cc1ccc(Cl)cc1. The number of likely N-dealkylation sites (N-methyl/N-ethyl adjacent to an activating group) is 1. The van der Waals surface area contributed by atoms with Crippen LogP contribution >= 0.6 is 11.6 Å². The number of para-hydroxylation sites is 1. The van der Waals surface area contributed by atoms with E-state index in [0.29, 0.717) is 18.0 Å². The second-order valence-electron chi connectivity index (χ2n) is 6.64. The third-order valence-electron chi connectivity index (χ3n) is 4.48. The van der Waals surface area contributed by atoms with Crippen molar-refractivity contribution in [3.05, 3.63) is 70.9 Å². The van der Waals surface area contributed by atoms with Crippen molar-refractivity contribution in [1.29, 1.82) is 0 Å². The minimum absolute atomic E-state index is 0.134. The molecule has 0 bridgehead atoms. The summed E-state index contributed by atoms with van der Waals surface area (Å²) in [6.07, 6.45) is 2.32. The van der Waals surface area contributed by atoms with Crippen LogP contribution in [0.3, 0.4) is 0 Å². The fourth-order valence-electron chi connectivity index (χ4n) is 3.17. The normalized spacial score (nSPS) is 12.0. The molecule has 0 aliphatic rings. The van der Waals surface area contributed by atoms with E-state index in [4.69, 9.17) is 11.6 Å². The molecule has 0 aliphatic heterocycles. The largest absolute Gasteiger partial charge is 0.361 e. The van der Waals surface area contributed by atoms with E-state index in [1.165, 1.54) is 6.92 Å². The molecule has 1 heterocycles. The van der Waals surface area contributed by atoms with Gasteiger partial charge in [0.2, 0.25) is 11.8 Å². The van der Waals surface area contributed by atoms with Crippen molar-refractivity contribution < 1.29 is 9.59 Å². The summed E-state index contributed by atoms with van der Waals surface area (Å²) in [4.78, 5) is 29.5. The highest BCUT2D eigenvalue weighted by Crippen LogP contribution is 2.20. The van der Waals surface area contributed by atoms with Crippen molar-refractivity contribution in [2.45, 2.75) is 25.9 Å². The number of hydrogen-bond acceptors (Lipinski definition) is 2. The lowest BCUT2D eigenvalue weighted by Gasteiger charge is -2.24. The number of hydrogen-bond donors (Lipinski definition) is 2. The highest BCUT2D eigenvalue weighted by atomic mass is 35.5. The molecule has 0 spiro atoms. The van der Waals surface area contributed by atoms with Gasteiger partial charge in [-0.25, -0.2) is 0 Å². The first kappa shape index (κ1) is 19.0. The molecule has 0 radical (unpaired) electrons. The van der Waals surface area contributed by atoms with Crippen LogP contribution in [0.2, 0.25) is 5.02 Å². The predicted octanol–water partition coefficient (Wildman–Crippen LogP) is 3.53. The first-order chi connectivity index (χ1) is 12.9. The molecular weight excluding hydrogens is 362 g/mol. The summed E-state index contributed by atoms with van der Waals surface area (Å²) < 4.78 is 0. The quantitative estimate of drug-likeness (QED) is 0.683. The molecule has 3 rings (SSSR count). The first-order valence-corrected chi connectivity index (χ1v) is 9.13. The number of fused-ring (bicyclic) bond motifs is 1. The van der Waals surface area contributed by atoms with Crippen LogP contribution in [0.4, 0.5) is 0 Å². The molecule has 0 fully saturated rings. The Morgan fingerprint density at radius 2 is 1.85 bits per heavy atom. The third kappa shape index (κ3) is 4.68. The van der Waals surface area contributed by atoms with E-state index in [1.807, 2.05) is 42.6 Å². The molecule has 2 aromatic carbocycles. The lowest BCUT2D eigenvalue weighted by Crippen LogP contribution is -2.47. The van der Waals surface area contributed by atoms with Crippen LogP contribution in [0.1, 0.15) is 18.1 Å². The van der Waals surface area contributed by atoms with Gasteiger partial charge in [0.15, 0.2) is 0 Å². The fraction of sp³-hybridized carbons (Fsp3) is 0.238. The maximum Gasteiger partial charge on any atom is 0.245 e. The van der Waals surface area contributed by atoms with Gasteiger partial charge in [0, 0.05) is 49.1 Å². The molecule has 2 amide bonds. The third-order valence-corrected chi connectivity index (χ3v) is 4.74. The predicted molar refractivity (Wildman–Crippen MR) is 108 cm³/mol. The molecular formula is C21H22ClN3O2. The number of benzene rings is 2. The summed E-state index contributed by atoms with van der Waals surface area (Å²) >= 11 is 5.91. The number of rotatable bonds is 6. The molecule has 27 heavy (non-hydrogen) atoms. The van der Waals surface area contributed by atoms with Crippen molar-refractivity contribution in [1.82, 2.24) is 15.2 Å². The second kappa shape index (κ2) is 8.27. The van der Waals surface area contributed by atoms with Crippen LogP contribution in [0.5, 0.6) is 0 Å². The van der Waals surface area contributed by atoms with E-state index in [2.05, 4.69) is 10.3 Å². The van der Waals surface area contributed by atoms with Gasteiger partial charge in [-0.15, -0.1) is 0 Å². The minimum atomic E-state index is -0.626. The van der Waals surface area contributed by atoms with Gasteiger partial charge >= 0.3 is 0 Å². The Balaban J connectivity index is 1.77. The number of nitrogens with one attached hydrogen (secondary N) is 2. The topological polar surface area (TPSA) is 65.2 Å². The van der Waals surface area contributed by atoms with E-state index < -0.39 is 6.04 Å². The summed E-state index contributed by atoms with van der Waals surface area (Å²) in [7, 11) is 1.74. The zero-order valence-corrected chi connectivity index (χ0v) is 16.1. The minimum Gasteiger partial charge on any atom is -0.361 e. The van der Waals surface area contributed by atoms with E-state index >= 15 is 0 Å². The summed E-state index contributed by atoms with van der Waals surface area (Å²) in [6.45, 7) is 1.87. The second-order valence-corrected chi connectivity index (χ2v) is 7.07. The summed E-state index contributed by atoms with van der Waals surface area (Å²) in [5.74, 6) is -0.362. The number of nitrogens with zero attached hydrogens (tertiary/aromatic N) is 1. The van der Waals surface area contributed by atoms with Crippen molar-refractivity contribution in [3.8, 4) is 0 Å². The van der Waals surface area contributed by atoms with Gasteiger partial charge in [-0.05, 0) is 29.3 Å². The van der Waals surface area contributed by atoms with E-state index in [9.17, 15) is 9.59 Å². The Morgan fingerprint density at radius 1 is 1.15 bits per heavy atom. The number of carbonyl (C=O) groups excluding carboxylic acids is 2. The lowest BCUT2D eigenvalue weighted by atomic mass is 10.0. The van der Waals surface area contributed by atoms with Gasteiger partial charge in [0.05, 0.1) is 0 Å². The molecule has 3 aromatic rings. The van der Waals surface area contributed by atoms with Crippen LogP contribution in [0, 0.1) is 0 Å². The zero-order chi connectivity index (χ0) is 19.4. The number of aromatic amines is 1. The van der Waals surface area contributed by atoms with Gasteiger partial charge in [0.25, 0.3) is 0 Å². The Morgan fingerprint density at radius 3 is 2.56 bits per heavy atom. The first-order valence-electron chi connectivity index (χ1n) is 8.75. The van der Waals surface area contributed by atoms with Gasteiger partial charge < -0.3 is 15.2 Å². The Hall–Kier alpha value is -2.79. The number of amides is 2. The molecule has 1 aromatic heterocycles. The average molecular weight is 384 g/mol. The molecule has 0 saturated heterocycles. The average Bonchev–Trinajstić information content (AvgIpc) is 3.05. The van der Waals surface area contributed by atoms with Gasteiger partial charge in [-0.2, -0.15) is 0 Å². The molecule has 140 valence electrons. The Labute approximate surface area is 163 Å². The van der Waals surface area contributed by atoms with Crippen LogP contribution in [0.25, 0.3) is 10.9 Å². The van der Waals surface area contributed by atoms with Crippen LogP contribution < -0.4 is 5.32 Å². The highest BCUT2D eigenvalue weighted by Gasteiger charge is 2.24. The molecule has 6 heteroatoms. The van der Waals surface area contributed by atoms with Crippen molar-refractivity contribution in [3.63, 3.8) is 0 Å². The Bertz CT molecular complexity index is 949. The number of H-pyrrole nitrogens is 1. The molecule has 0 saturated carbocycles. The molecule has 0 unspecified atom stereocenters. The smallest absolute Gasteiger partial charge is 0.245 e. The van der Waals surface area contributed by atoms with Gasteiger partial charge in [-0.1, -0.05) is 41.9 Å². The molecule has 0 aliphatic carbocycles. The summed E-state index contributed by atoms with van der Waals surface area (Å²) in [5, 5.41) is 4.51. The van der Waals surface area contributed by atoms with Crippen molar-refractivity contribution >= 4 is 34.3 Å². The maximum absolute atomic E-state index is 13.0. The monoisotopic (exact) mass is 383 g/mol. The highest BCUT2D eigenvalue weighted by molar-refractivity contribution is 6.30. The lowest BCUT2D eigenvalue weighted by molar-refractivity contribution is -0.135. The summed E-state index contributed by atoms with van der Waals surface area (Å²) in [6, 6.07) is 14.7. The van der Waals surface area contributed by atoms with Crippen LogP contribution in [-0.2, 0) is 22.6 Å². The van der Waals surface area contributed by atoms with Crippen molar-refractivity contribution in [2.24, 2.45) is 0 Å². The van der Waals surface area contributed by atoms with Gasteiger partial charge in [0.1, 0.15) is 6.04 Å². The Kier molecular flexibility index (Phi) is 5.81. The summed E-state index contributed by atoms with van der Waals surface area (Å²) in [5.41, 5.74) is 2.98. The molecule has 1 atom stereocenters. The number of halogens is 1. The van der Waals surface area contributed by atoms with E-state index in [1.54, 1.807) is 24.1 Å². The van der Waals surface area contributed by atoms with Crippen LogP contribution in [-0.4, -0.2) is 34.8 Å². The molecule has 2 N–H and O–H groups in total. The number of carbonyl (C=O) groups is 2. The number of aromatic nitrogens is 1. The standard InChI is InChI=1S/C21H22ClN3O2/c1-14(26)24-20(11-16-12-23-19-6-4-3-5-18(16)19)21(27)25(2)13-15-7-9-17(22)10-8-15/h3-10,12,20,23H,11,13H2,1-2H3,(H,24,26)/t20-/m0/s1. The fourth-order valence-corrected chi connectivity index (χ4v) is 3.30. The molecule has 5 nitrogen and oxygen atoms in total. The van der Waals surface area contributed by atoms with Crippen molar-refractivity contribution in [2.75, 3.05) is 7.05 Å².